The van der Waals surface area contributed by atoms with Gasteiger partial charge in [0, 0.05) is 12.1 Å². The highest BCUT2D eigenvalue weighted by atomic mass is 19.4. The first kappa shape index (κ1) is 23.3. The molecule has 2 aromatic carbocycles. The molecule has 1 fully saturated rings. The van der Waals surface area contributed by atoms with Crippen LogP contribution >= 0.6 is 0 Å². The van der Waals surface area contributed by atoms with Crippen molar-refractivity contribution < 1.29 is 27.8 Å². The monoisotopic (exact) mass is 448 g/mol. The summed E-state index contributed by atoms with van der Waals surface area (Å²) in [7, 11) is 0. The van der Waals surface area contributed by atoms with Crippen LogP contribution in [0, 0.1) is 0 Å². The molecule has 1 aliphatic heterocycles. The van der Waals surface area contributed by atoms with Crippen LogP contribution in [0.15, 0.2) is 60.8 Å². The Morgan fingerprint density at radius 3 is 2.50 bits per heavy atom. The summed E-state index contributed by atoms with van der Waals surface area (Å²) < 4.78 is 39.8. The second-order valence-electron chi connectivity index (χ2n) is 7.16. The summed E-state index contributed by atoms with van der Waals surface area (Å²) in [5, 5.41) is 19.3. The second-order valence-corrected chi connectivity index (χ2v) is 7.16. The third-order valence-electron chi connectivity index (χ3n) is 4.80. The Morgan fingerprint density at radius 2 is 1.84 bits per heavy atom. The predicted molar refractivity (Wildman–Crippen MR) is 111 cm³/mol. The van der Waals surface area contributed by atoms with Crippen LogP contribution in [0.4, 0.5) is 13.2 Å². The Kier molecular flexibility index (Phi) is 7.82. The van der Waals surface area contributed by atoms with Crippen molar-refractivity contribution in [3.05, 3.63) is 66.4 Å². The van der Waals surface area contributed by atoms with Crippen LogP contribution in [0.1, 0.15) is 24.4 Å². The molecule has 1 atom stereocenters. The fourth-order valence-electron chi connectivity index (χ4n) is 3.18. The van der Waals surface area contributed by atoms with Crippen LogP contribution in [0.25, 0.3) is 11.3 Å². The number of benzene rings is 2. The summed E-state index contributed by atoms with van der Waals surface area (Å²) >= 11 is 0. The minimum atomic E-state index is -5.08. The van der Waals surface area contributed by atoms with E-state index in [4.69, 9.17) is 14.6 Å². The lowest BCUT2D eigenvalue weighted by Gasteiger charge is -2.22. The van der Waals surface area contributed by atoms with E-state index in [-0.39, 0.29) is 0 Å². The molecule has 0 amide bonds. The highest BCUT2D eigenvalue weighted by Gasteiger charge is 2.38. The molecule has 1 aliphatic rings. The maximum atomic E-state index is 10.6. The number of hydrogen-bond acceptors (Lipinski definition) is 5. The molecule has 0 saturated carbocycles. The maximum absolute atomic E-state index is 10.6. The summed E-state index contributed by atoms with van der Waals surface area (Å²) in [5.41, 5.74) is 2.98. The Balaban J connectivity index is 0.000000360. The van der Waals surface area contributed by atoms with Crippen molar-refractivity contribution in [2.75, 3.05) is 13.1 Å². The largest absolute Gasteiger partial charge is 0.490 e. The first-order valence-electron chi connectivity index (χ1n) is 10.0. The van der Waals surface area contributed by atoms with E-state index in [1.165, 1.54) is 6.42 Å². The highest BCUT2D eigenvalue weighted by Crippen LogP contribution is 2.29. The van der Waals surface area contributed by atoms with E-state index in [9.17, 15) is 13.2 Å². The molecule has 3 aromatic rings. The lowest BCUT2D eigenvalue weighted by Crippen LogP contribution is -2.31. The summed E-state index contributed by atoms with van der Waals surface area (Å²) in [6, 6.07) is 18.6. The molecule has 1 aromatic heterocycles. The number of para-hydroxylation sites is 1. The highest BCUT2D eigenvalue weighted by molar-refractivity contribution is 5.73. The van der Waals surface area contributed by atoms with Crippen LogP contribution < -0.4 is 10.1 Å². The van der Waals surface area contributed by atoms with Crippen LogP contribution in [0.2, 0.25) is 0 Å². The first-order chi connectivity index (χ1) is 15.3. The summed E-state index contributed by atoms with van der Waals surface area (Å²) in [5.74, 6) is -1.92. The number of ether oxygens (including phenoxy) is 1. The molecule has 0 radical (unpaired) electrons. The lowest BCUT2D eigenvalue weighted by atomic mass is 10.1. The van der Waals surface area contributed by atoms with E-state index in [2.05, 4.69) is 27.8 Å². The topological polar surface area (TPSA) is 89.3 Å². The number of halogens is 3. The quantitative estimate of drug-likeness (QED) is 0.612. The van der Waals surface area contributed by atoms with Crippen molar-refractivity contribution >= 4 is 5.97 Å². The van der Waals surface area contributed by atoms with Gasteiger partial charge in [0.1, 0.15) is 18.1 Å². The number of carboxylic acids is 1. The van der Waals surface area contributed by atoms with Crippen molar-refractivity contribution in [2.45, 2.75) is 31.7 Å². The van der Waals surface area contributed by atoms with Gasteiger partial charge in [0.2, 0.25) is 0 Å². The van der Waals surface area contributed by atoms with Crippen LogP contribution in [-0.4, -0.2) is 45.3 Å². The molecule has 4 rings (SSSR count). The van der Waals surface area contributed by atoms with E-state index in [1.807, 2.05) is 53.3 Å². The van der Waals surface area contributed by atoms with Gasteiger partial charge in [0.05, 0.1) is 12.2 Å². The number of nitrogens with zero attached hydrogens (tertiary/aromatic N) is 3. The molecule has 7 nitrogen and oxygen atoms in total. The average molecular weight is 448 g/mol. The van der Waals surface area contributed by atoms with Gasteiger partial charge in [-0.3, -0.25) is 0 Å². The zero-order chi connectivity index (χ0) is 23.0. The molecule has 0 bridgehead atoms. The van der Waals surface area contributed by atoms with Crippen molar-refractivity contribution in [1.82, 2.24) is 20.3 Å². The van der Waals surface area contributed by atoms with Crippen LogP contribution in [0.5, 0.6) is 5.75 Å². The van der Waals surface area contributed by atoms with Crippen molar-refractivity contribution in [3.63, 3.8) is 0 Å². The van der Waals surface area contributed by atoms with Crippen molar-refractivity contribution in [1.29, 1.82) is 0 Å². The van der Waals surface area contributed by atoms with E-state index in [1.54, 1.807) is 0 Å². The van der Waals surface area contributed by atoms with Gasteiger partial charge in [-0.2, -0.15) is 13.2 Å². The van der Waals surface area contributed by atoms with E-state index in [0.717, 1.165) is 42.1 Å². The average Bonchev–Trinajstić information content (AvgIpc) is 3.29. The van der Waals surface area contributed by atoms with Crippen molar-refractivity contribution in [3.8, 4) is 17.0 Å². The smallest absolute Gasteiger partial charge is 0.488 e. The van der Waals surface area contributed by atoms with Gasteiger partial charge >= 0.3 is 12.1 Å². The standard InChI is InChI=1S/C20H22N4O.C2HF3O2/c1-2-7-16(8-3-1)15-25-20-11-5-4-10-18(20)19-14-24(23-22-19)17-9-6-12-21-13-17;3-2(4,5)1(6)7/h1-5,7-8,10-11,14,17,21H,6,9,12-13,15H2;(H,6,7). The van der Waals surface area contributed by atoms with Gasteiger partial charge in [-0.15, -0.1) is 5.10 Å². The molecule has 1 unspecified atom stereocenters. The van der Waals surface area contributed by atoms with Gasteiger partial charge < -0.3 is 15.2 Å². The third kappa shape index (κ3) is 6.55. The van der Waals surface area contributed by atoms with E-state index in [0.29, 0.717) is 12.6 Å². The normalized spacial score (nSPS) is 16.0. The van der Waals surface area contributed by atoms with E-state index < -0.39 is 12.1 Å². The minimum Gasteiger partial charge on any atom is -0.488 e. The molecule has 0 aliphatic carbocycles. The third-order valence-corrected chi connectivity index (χ3v) is 4.80. The molecule has 32 heavy (non-hydrogen) atoms. The van der Waals surface area contributed by atoms with Crippen LogP contribution in [-0.2, 0) is 11.4 Å². The van der Waals surface area contributed by atoms with E-state index >= 15 is 0 Å². The number of carboxylic acid groups (broad SMARTS) is 1. The molecule has 10 heteroatoms. The summed E-state index contributed by atoms with van der Waals surface area (Å²) in [4.78, 5) is 8.90. The Hall–Kier alpha value is -3.40. The SMILES string of the molecule is O=C(O)C(F)(F)F.c1ccc(COc2ccccc2-c2cn(C3CCCNC3)nn2)cc1. The number of nitrogens with one attached hydrogen (secondary N) is 1. The fourth-order valence-corrected chi connectivity index (χ4v) is 3.18. The lowest BCUT2D eigenvalue weighted by molar-refractivity contribution is -0.192. The molecule has 1 saturated heterocycles. The van der Waals surface area contributed by atoms with Gasteiger partial charge in [0.15, 0.2) is 0 Å². The molecule has 0 spiro atoms. The van der Waals surface area contributed by atoms with Crippen LogP contribution in [0.3, 0.4) is 0 Å². The van der Waals surface area contributed by atoms with Gasteiger partial charge in [-0.1, -0.05) is 47.7 Å². The Bertz CT molecular complexity index is 1000. The number of rotatable bonds is 5. The predicted octanol–water partition coefficient (Wildman–Crippen LogP) is 4.08. The molecular weight excluding hydrogens is 425 g/mol. The first-order valence-corrected chi connectivity index (χ1v) is 10.0. The Morgan fingerprint density at radius 1 is 1.16 bits per heavy atom. The molecule has 2 N–H and O–H groups in total. The molecule has 2 heterocycles. The number of aliphatic carboxylic acids is 1. The zero-order valence-corrected chi connectivity index (χ0v) is 17.1. The number of piperidine rings is 1. The summed E-state index contributed by atoms with van der Waals surface area (Å²) in [6.45, 7) is 2.59. The number of hydrogen-bond donors (Lipinski definition) is 2. The van der Waals surface area contributed by atoms with Gasteiger partial charge in [-0.05, 0) is 37.1 Å². The molecule has 170 valence electrons. The van der Waals surface area contributed by atoms with Gasteiger partial charge in [0.25, 0.3) is 0 Å². The molecular formula is C22H23F3N4O3. The van der Waals surface area contributed by atoms with Crippen molar-refractivity contribution in [2.24, 2.45) is 0 Å². The fraction of sp³-hybridized carbons (Fsp3) is 0.318. The number of alkyl halides is 3. The summed E-state index contributed by atoms with van der Waals surface area (Å²) in [6.07, 6.45) is -0.735. The minimum absolute atomic E-state index is 0.382. The maximum Gasteiger partial charge on any atom is 0.490 e. The second kappa shape index (κ2) is 10.8. The number of carbonyl (C=O) groups is 1. The zero-order valence-electron chi connectivity index (χ0n) is 17.1. The van der Waals surface area contributed by atoms with Gasteiger partial charge in [-0.25, -0.2) is 9.48 Å². The number of aromatic nitrogens is 3. The Labute approximate surface area is 182 Å².